The number of amides is 2. The third-order valence-electron chi connectivity index (χ3n) is 4.42. The van der Waals surface area contributed by atoms with E-state index < -0.39 is 18.5 Å². The number of carbonyl (C=O) groups is 3. The Bertz CT molecular complexity index is 1090. The number of likely N-dealkylation sites (N-methyl/N-ethyl adjacent to an activating group) is 1. The van der Waals surface area contributed by atoms with Crippen LogP contribution in [0.25, 0.3) is 0 Å². The van der Waals surface area contributed by atoms with Crippen LogP contribution < -0.4 is 5.32 Å². The summed E-state index contributed by atoms with van der Waals surface area (Å²) in [6.07, 6.45) is 1.59. The summed E-state index contributed by atoms with van der Waals surface area (Å²) < 4.78 is 5.19. The van der Waals surface area contributed by atoms with Crippen LogP contribution in [0.4, 0.5) is 5.69 Å². The molecule has 1 N–H and O–H groups in total. The minimum atomic E-state index is -0.651. The molecular formula is C24H23N3O4S. The molecule has 0 unspecified atom stereocenters. The fourth-order valence-corrected chi connectivity index (χ4v) is 3.58. The first-order chi connectivity index (χ1) is 15.4. The number of hydrogen-bond donors (Lipinski definition) is 1. The predicted octanol–water partition coefficient (Wildman–Crippen LogP) is 3.80. The first kappa shape index (κ1) is 23.0. The molecule has 0 aliphatic heterocycles. The summed E-state index contributed by atoms with van der Waals surface area (Å²) >= 11 is 1.33. The molecule has 8 heteroatoms. The number of aryl methyl sites for hydroxylation is 1. The normalized spacial score (nSPS) is 10.3. The second kappa shape index (κ2) is 11.1. The van der Waals surface area contributed by atoms with Gasteiger partial charge in [-0.2, -0.15) is 0 Å². The highest BCUT2D eigenvalue weighted by Crippen LogP contribution is 2.28. The zero-order chi connectivity index (χ0) is 22.9. The minimum Gasteiger partial charge on any atom is -0.452 e. The number of nitrogens with zero attached hydrogens (tertiary/aromatic N) is 2. The number of esters is 1. The van der Waals surface area contributed by atoms with Crippen molar-refractivity contribution in [2.45, 2.75) is 16.8 Å². The molecule has 0 spiro atoms. The lowest BCUT2D eigenvalue weighted by Crippen LogP contribution is -2.37. The highest BCUT2D eigenvalue weighted by Gasteiger charge is 2.19. The largest absolute Gasteiger partial charge is 0.452 e. The van der Waals surface area contributed by atoms with E-state index in [1.54, 1.807) is 30.5 Å². The van der Waals surface area contributed by atoms with Crippen molar-refractivity contribution in [1.29, 1.82) is 0 Å². The quantitative estimate of drug-likeness (QED) is 0.527. The number of hydrogen-bond acceptors (Lipinski definition) is 6. The molecule has 7 nitrogen and oxygen atoms in total. The molecule has 164 valence electrons. The van der Waals surface area contributed by atoms with Crippen LogP contribution in [0.2, 0.25) is 0 Å². The lowest BCUT2D eigenvalue weighted by atomic mass is 10.2. The van der Waals surface area contributed by atoms with E-state index in [2.05, 4.69) is 10.3 Å². The van der Waals surface area contributed by atoms with Gasteiger partial charge in [-0.25, -0.2) is 9.78 Å². The van der Waals surface area contributed by atoms with Gasteiger partial charge in [-0.1, -0.05) is 47.7 Å². The summed E-state index contributed by atoms with van der Waals surface area (Å²) in [5.41, 5.74) is 2.00. The molecule has 0 radical (unpaired) electrons. The van der Waals surface area contributed by atoms with Gasteiger partial charge in [-0.05, 0) is 43.3 Å². The SMILES string of the molecule is Cc1ccc(NC(=O)CN(C)C(=O)COC(=O)c2cccnc2Sc2ccccc2)cc1. The van der Waals surface area contributed by atoms with E-state index in [1.165, 1.54) is 23.7 Å². The molecular weight excluding hydrogens is 426 g/mol. The maximum Gasteiger partial charge on any atom is 0.341 e. The van der Waals surface area contributed by atoms with Gasteiger partial charge in [0.2, 0.25) is 5.91 Å². The maximum atomic E-state index is 12.5. The summed E-state index contributed by atoms with van der Waals surface area (Å²) in [6, 6.07) is 20.1. The van der Waals surface area contributed by atoms with Crippen LogP contribution in [0.5, 0.6) is 0 Å². The number of nitrogens with one attached hydrogen (secondary N) is 1. The topological polar surface area (TPSA) is 88.6 Å². The van der Waals surface area contributed by atoms with E-state index >= 15 is 0 Å². The molecule has 3 rings (SSSR count). The molecule has 0 aliphatic carbocycles. The van der Waals surface area contributed by atoms with Crippen molar-refractivity contribution in [3.05, 3.63) is 84.1 Å². The van der Waals surface area contributed by atoms with Crippen molar-refractivity contribution in [3.8, 4) is 0 Å². The van der Waals surface area contributed by atoms with Crippen LogP contribution in [0, 0.1) is 6.92 Å². The number of anilines is 1. The molecule has 0 saturated carbocycles. The molecule has 32 heavy (non-hydrogen) atoms. The molecule has 2 aromatic carbocycles. The van der Waals surface area contributed by atoms with E-state index in [9.17, 15) is 14.4 Å². The number of rotatable bonds is 8. The number of pyridine rings is 1. The molecule has 0 bridgehead atoms. The smallest absolute Gasteiger partial charge is 0.341 e. The van der Waals surface area contributed by atoms with E-state index in [0.717, 1.165) is 10.5 Å². The van der Waals surface area contributed by atoms with Crippen molar-refractivity contribution in [1.82, 2.24) is 9.88 Å². The van der Waals surface area contributed by atoms with Gasteiger partial charge in [0.1, 0.15) is 5.03 Å². The van der Waals surface area contributed by atoms with Gasteiger partial charge in [0.15, 0.2) is 6.61 Å². The Morgan fingerprint density at radius 3 is 2.44 bits per heavy atom. The van der Waals surface area contributed by atoms with Gasteiger partial charge < -0.3 is 15.0 Å². The van der Waals surface area contributed by atoms with Crippen LogP contribution in [-0.4, -0.2) is 47.9 Å². The van der Waals surface area contributed by atoms with Crippen molar-refractivity contribution in [2.75, 3.05) is 25.5 Å². The van der Waals surface area contributed by atoms with Crippen molar-refractivity contribution < 1.29 is 19.1 Å². The molecule has 0 atom stereocenters. The molecule has 3 aromatic rings. The highest BCUT2D eigenvalue weighted by atomic mass is 32.2. The van der Waals surface area contributed by atoms with Gasteiger partial charge in [0.25, 0.3) is 5.91 Å². The van der Waals surface area contributed by atoms with Gasteiger partial charge >= 0.3 is 5.97 Å². The average molecular weight is 450 g/mol. The van der Waals surface area contributed by atoms with Crippen LogP contribution in [0.15, 0.2) is 82.8 Å². The summed E-state index contributed by atoms with van der Waals surface area (Å²) in [4.78, 5) is 43.4. The lowest BCUT2D eigenvalue weighted by molar-refractivity contribution is -0.136. The zero-order valence-corrected chi connectivity index (χ0v) is 18.6. The van der Waals surface area contributed by atoms with Crippen molar-refractivity contribution in [3.63, 3.8) is 0 Å². The summed E-state index contributed by atoms with van der Waals surface area (Å²) in [5.74, 6) is -1.48. The van der Waals surface area contributed by atoms with Gasteiger partial charge in [0, 0.05) is 23.8 Å². The zero-order valence-electron chi connectivity index (χ0n) is 17.8. The van der Waals surface area contributed by atoms with E-state index in [1.807, 2.05) is 49.4 Å². The van der Waals surface area contributed by atoms with Crippen LogP contribution >= 0.6 is 11.8 Å². The monoisotopic (exact) mass is 449 g/mol. The predicted molar refractivity (Wildman–Crippen MR) is 123 cm³/mol. The summed E-state index contributed by atoms with van der Waals surface area (Å²) in [7, 11) is 1.48. The van der Waals surface area contributed by atoms with Gasteiger partial charge in [-0.3, -0.25) is 9.59 Å². The van der Waals surface area contributed by atoms with Gasteiger partial charge in [-0.15, -0.1) is 0 Å². The Morgan fingerprint density at radius 1 is 1.00 bits per heavy atom. The molecule has 0 aliphatic rings. The number of aromatic nitrogens is 1. The van der Waals surface area contributed by atoms with E-state index in [-0.39, 0.29) is 18.0 Å². The van der Waals surface area contributed by atoms with Crippen LogP contribution in [0.3, 0.4) is 0 Å². The standard InChI is InChI=1S/C24H23N3O4S/c1-17-10-12-18(13-11-17)26-21(28)15-27(2)22(29)16-31-24(30)20-9-6-14-25-23(20)32-19-7-4-3-5-8-19/h3-14H,15-16H2,1-2H3,(H,26,28). The molecule has 0 saturated heterocycles. The average Bonchev–Trinajstić information content (AvgIpc) is 2.79. The van der Waals surface area contributed by atoms with Crippen molar-refractivity contribution in [2.24, 2.45) is 0 Å². The highest BCUT2D eigenvalue weighted by molar-refractivity contribution is 7.99. The van der Waals surface area contributed by atoms with E-state index in [0.29, 0.717) is 10.7 Å². The fraction of sp³-hybridized carbons (Fsp3) is 0.167. The Morgan fingerprint density at radius 2 is 1.72 bits per heavy atom. The maximum absolute atomic E-state index is 12.5. The Labute approximate surface area is 190 Å². The first-order valence-electron chi connectivity index (χ1n) is 9.88. The Balaban J connectivity index is 1.52. The lowest BCUT2D eigenvalue weighted by Gasteiger charge is -2.17. The second-order valence-corrected chi connectivity index (χ2v) is 8.07. The van der Waals surface area contributed by atoms with Gasteiger partial charge in [0.05, 0.1) is 12.1 Å². The fourth-order valence-electron chi connectivity index (χ4n) is 2.68. The number of ether oxygens (including phenoxy) is 1. The Kier molecular flexibility index (Phi) is 7.99. The summed E-state index contributed by atoms with van der Waals surface area (Å²) in [5, 5.41) is 3.21. The minimum absolute atomic E-state index is 0.160. The molecule has 2 amide bonds. The van der Waals surface area contributed by atoms with Crippen LogP contribution in [-0.2, 0) is 14.3 Å². The second-order valence-electron chi connectivity index (χ2n) is 7.01. The molecule has 1 heterocycles. The molecule has 1 aromatic heterocycles. The third kappa shape index (κ3) is 6.68. The third-order valence-corrected chi connectivity index (χ3v) is 5.44. The van der Waals surface area contributed by atoms with E-state index in [4.69, 9.17) is 4.74 Å². The number of carbonyl (C=O) groups excluding carboxylic acids is 3. The first-order valence-corrected chi connectivity index (χ1v) is 10.7. The Hall–Kier alpha value is -3.65. The van der Waals surface area contributed by atoms with Crippen molar-refractivity contribution >= 4 is 35.2 Å². The number of benzene rings is 2. The van der Waals surface area contributed by atoms with Crippen LogP contribution in [0.1, 0.15) is 15.9 Å². The summed E-state index contributed by atoms with van der Waals surface area (Å²) in [6.45, 7) is 1.32. The molecule has 0 fully saturated rings.